The highest BCUT2D eigenvalue weighted by Crippen LogP contribution is 2.18. The Morgan fingerprint density at radius 1 is 1.30 bits per heavy atom. The summed E-state index contributed by atoms with van der Waals surface area (Å²) in [5, 5.41) is 4.44. The van der Waals surface area contributed by atoms with Crippen LogP contribution in [0, 0.1) is 0 Å². The molecule has 0 saturated heterocycles. The van der Waals surface area contributed by atoms with Crippen molar-refractivity contribution >= 4 is 17.5 Å². The number of rotatable bonds is 7. The molecule has 0 radical (unpaired) electrons. The van der Waals surface area contributed by atoms with Crippen LogP contribution in [0.2, 0.25) is 0 Å². The third kappa shape index (κ3) is 4.67. The molecule has 1 aromatic heterocycles. The van der Waals surface area contributed by atoms with Crippen LogP contribution in [0.4, 0.5) is 5.95 Å². The van der Waals surface area contributed by atoms with Crippen LogP contribution in [-0.2, 0) is 16.1 Å². The number of ether oxygens (including phenoxy) is 1. The maximum atomic E-state index is 11.7. The van der Waals surface area contributed by atoms with Gasteiger partial charge in [-0.2, -0.15) is 4.98 Å². The van der Waals surface area contributed by atoms with Crippen LogP contribution in [0.25, 0.3) is 5.57 Å². The van der Waals surface area contributed by atoms with Gasteiger partial charge in [0.25, 0.3) is 0 Å². The van der Waals surface area contributed by atoms with Gasteiger partial charge in [-0.25, -0.2) is 9.48 Å². The maximum absolute atomic E-state index is 11.7. The second-order valence-corrected chi connectivity index (χ2v) is 5.11. The molecule has 0 bridgehead atoms. The fourth-order valence-electron chi connectivity index (χ4n) is 2.21. The van der Waals surface area contributed by atoms with E-state index in [1.54, 1.807) is 11.6 Å². The van der Waals surface area contributed by atoms with E-state index in [-0.39, 0.29) is 5.97 Å². The molecular weight excluding hydrogens is 292 g/mol. The lowest BCUT2D eigenvalue weighted by Gasteiger charge is -2.03. The van der Waals surface area contributed by atoms with Gasteiger partial charge in [-0.05, 0) is 18.9 Å². The lowest BCUT2D eigenvalue weighted by atomic mass is 10.1. The number of allylic oxidation sites excluding steroid dienone is 1. The Balaban J connectivity index is 2.24. The van der Waals surface area contributed by atoms with Crippen molar-refractivity contribution in [1.29, 1.82) is 0 Å². The van der Waals surface area contributed by atoms with Crippen molar-refractivity contribution in [2.24, 2.45) is 0 Å². The number of carbonyl (C=O) groups is 1. The average Bonchev–Trinajstić information content (AvgIpc) is 2.89. The molecule has 0 amide bonds. The Hall–Kier alpha value is -2.63. The average molecular weight is 314 g/mol. The van der Waals surface area contributed by atoms with E-state index in [1.807, 2.05) is 37.3 Å². The van der Waals surface area contributed by atoms with Gasteiger partial charge >= 0.3 is 5.97 Å². The van der Waals surface area contributed by atoms with Crippen LogP contribution >= 0.6 is 0 Å². The standard InChI is InChI=1S/C17H22N4O2/c1-3-8-14(11-15(22)23-4-2)16-19-17(18)21(20-16)12-13-9-6-5-7-10-13/h5-7,9-11H,3-4,8,12H2,1-2H3,(H2,18,19,20)/b14-11+. The van der Waals surface area contributed by atoms with E-state index in [0.29, 0.717) is 31.3 Å². The largest absolute Gasteiger partial charge is 0.463 e. The SMILES string of the molecule is CCC/C(=C\C(=O)OCC)c1nc(N)n(Cc2ccccc2)n1. The van der Waals surface area contributed by atoms with E-state index < -0.39 is 0 Å². The Morgan fingerprint density at radius 3 is 2.70 bits per heavy atom. The second kappa shape index (κ2) is 8.12. The van der Waals surface area contributed by atoms with Crippen LogP contribution in [0.15, 0.2) is 36.4 Å². The zero-order valence-corrected chi connectivity index (χ0v) is 13.5. The molecule has 2 N–H and O–H groups in total. The molecule has 2 rings (SSSR count). The molecule has 0 aliphatic carbocycles. The highest BCUT2D eigenvalue weighted by molar-refractivity contribution is 5.90. The Labute approximate surface area is 136 Å². The van der Waals surface area contributed by atoms with Crippen molar-refractivity contribution in [3.63, 3.8) is 0 Å². The van der Waals surface area contributed by atoms with Gasteiger partial charge in [0.05, 0.1) is 13.2 Å². The summed E-state index contributed by atoms with van der Waals surface area (Å²) in [5.41, 5.74) is 7.78. The smallest absolute Gasteiger partial charge is 0.331 e. The summed E-state index contributed by atoms with van der Waals surface area (Å²) >= 11 is 0. The van der Waals surface area contributed by atoms with Crippen LogP contribution in [0.5, 0.6) is 0 Å². The highest BCUT2D eigenvalue weighted by Gasteiger charge is 2.13. The number of aromatic nitrogens is 3. The van der Waals surface area contributed by atoms with E-state index in [9.17, 15) is 4.79 Å². The number of esters is 1. The lowest BCUT2D eigenvalue weighted by molar-refractivity contribution is -0.137. The van der Waals surface area contributed by atoms with Crippen LogP contribution < -0.4 is 5.73 Å². The van der Waals surface area contributed by atoms with Gasteiger partial charge in [0, 0.05) is 11.6 Å². The fourth-order valence-corrected chi connectivity index (χ4v) is 2.21. The number of anilines is 1. The van der Waals surface area contributed by atoms with E-state index in [1.165, 1.54) is 6.08 Å². The first-order chi connectivity index (χ1) is 11.1. The van der Waals surface area contributed by atoms with Crippen LogP contribution in [0.1, 0.15) is 38.1 Å². The molecule has 0 saturated carbocycles. The molecule has 23 heavy (non-hydrogen) atoms. The topological polar surface area (TPSA) is 83.0 Å². The predicted molar refractivity (Wildman–Crippen MR) is 89.5 cm³/mol. The first-order valence-corrected chi connectivity index (χ1v) is 7.76. The molecule has 2 aromatic rings. The molecule has 122 valence electrons. The molecule has 1 aromatic carbocycles. The third-order valence-corrected chi connectivity index (χ3v) is 3.26. The summed E-state index contributed by atoms with van der Waals surface area (Å²) in [6, 6.07) is 9.89. The van der Waals surface area contributed by atoms with Gasteiger partial charge in [0.1, 0.15) is 0 Å². The minimum atomic E-state index is -0.381. The number of nitrogen functional groups attached to an aromatic ring is 1. The first-order valence-electron chi connectivity index (χ1n) is 7.76. The van der Waals surface area contributed by atoms with Gasteiger partial charge in [-0.15, -0.1) is 5.10 Å². The van der Waals surface area contributed by atoms with Crippen molar-refractivity contribution < 1.29 is 9.53 Å². The fraction of sp³-hybridized carbons (Fsp3) is 0.353. The Kier molecular flexibility index (Phi) is 5.91. The lowest BCUT2D eigenvalue weighted by Crippen LogP contribution is -2.06. The Morgan fingerprint density at radius 2 is 2.04 bits per heavy atom. The molecule has 0 atom stereocenters. The summed E-state index contributed by atoms with van der Waals surface area (Å²) < 4.78 is 6.60. The minimum Gasteiger partial charge on any atom is -0.463 e. The quantitative estimate of drug-likeness (QED) is 0.627. The third-order valence-electron chi connectivity index (χ3n) is 3.26. The number of nitrogens with two attached hydrogens (primary N) is 1. The van der Waals surface area contributed by atoms with Crippen molar-refractivity contribution in [2.75, 3.05) is 12.3 Å². The first kappa shape index (κ1) is 16.7. The molecule has 6 nitrogen and oxygen atoms in total. The van der Waals surface area contributed by atoms with Gasteiger partial charge in [0.2, 0.25) is 5.95 Å². The summed E-state index contributed by atoms with van der Waals surface area (Å²) in [6.07, 6.45) is 3.01. The van der Waals surface area contributed by atoms with Crippen LogP contribution in [0.3, 0.4) is 0 Å². The highest BCUT2D eigenvalue weighted by atomic mass is 16.5. The number of nitrogens with zero attached hydrogens (tertiary/aromatic N) is 3. The molecule has 0 fully saturated rings. The molecule has 1 heterocycles. The van der Waals surface area contributed by atoms with Crippen LogP contribution in [-0.4, -0.2) is 27.3 Å². The van der Waals surface area contributed by atoms with E-state index in [0.717, 1.165) is 17.6 Å². The molecule has 0 spiro atoms. The second-order valence-electron chi connectivity index (χ2n) is 5.11. The molecular formula is C17H22N4O2. The normalized spacial score (nSPS) is 11.5. The van der Waals surface area contributed by atoms with E-state index >= 15 is 0 Å². The monoisotopic (exact) mass is 314 g/mol. The molecule has 0 unspecified atom stereocenters. The zero-order chi connectivity index (χ0) is 16.7. The van der Waals surface area contributed by atoms with Gasteiger partial charge in [-0.3, -0.25) is 0 Å². The van der Waals surface area contributed by atoms with Crippen molar-refractivity contribution in [1.82, 2.24) is 14.8 Å². The maximum Gasteiger partial charge on any atom is 0.331 e. The zero-order valence-electron chi connectivity index (χ0n) is 13.5. The predicted octanol–water partition coefficient (Wildman–Crippen LogP) is 2.66. The summed E-state index contributed by atoms with van der Waals surface area (Å²) in [5.74, 6) is 0.428. The number of hydrogen-bond donors (Lipinski definition) is 1. The molecule has 0 aliphatic heterocycles. The van der Waals surface area contributed by atoms with Crippen molar-refractivity contribution in [2.45, 2.75) is 33.2 Å². The summed E-state index contributed by atoms with van der Waals surface area (Å²) in [7, 11) is 0. The van der Waals surface area contributed by atoms with Gasteiger partial charge in [-0.1, -0.05) is 43.7 Å². The Bertz CT molecular complexity index is 677. The number of carbonyl (C=O) groups excluding carboxylic acids is 1. The van der Waals surface area contributed by atoms with E-state index in [2.05, 4.69) is 10.1 Å². The number of benzene rings is 1. The summed E-state index contributed by atoms with van der Waals surface area (Å²) in [4.78, 5) is 16.0. The molecule has 0 aliphatic rings. The number of hydrogen-bond acceptors (Lipinski definition) is 5. The summed E-state index contributed by atoms with van der Waals surface area (Å²) in [6.45, 7) is 4.69. The van der Waals surface area contributed by atoms with Gasteiger partial charge in [0.15, 0.2) is 5.82 Å². The minimum absolute atomic E-state index is 0.328. The van der Waals surface area contributed by atoms with E-state index in [4.69, 9.17) is 10.5 Å². The van der Waals surface area contributed by atoms with Crippen molar-refractivity contribution in [3.05, 3.63) is 47.8 Å². The molecule has 6 heteroatoms. The van der Waals surface area contributed by atoms with Gasteiger partial charge < -0.3 is 10.5 Å². The van der Waals surface area contributed by atoms with Crippen molar-refractivity contribution in [3.8, 4) is 0 Å².